The molecule has 6 heteroatoms. The number of carbonyl (C=O) groups is 1. The minimum absolute atomic E-state index is 0.114. The summed E-state index contributed by atoms with van der Waals surface area (Å²) in [6, 6.07) is 6.94. The zero-order chi connectivity index (χ0) is 14.3. The van der Waals surface area contributed by atoms with Crippen molar-refractivity contribution in [3.8, 4) is 5.69 Å². The number of nitrogens with one attached hydrogen (secondary N) is 1. The van der Waals surface area contributed by atoms with Crippen molar-refractivity contribution in [1.29, 1.82) is 0 Å². The van der Waals surface area contributed by atoms with Crippen LogP contribution in [0.2, 0.25) is 0 Å². The van der Waals surface area contributed by atoms with E-state index >= 15 is 0 Å². The third-order valence-corrected chi connectivity index (χ3v) is 3.01. The van der Waals surface area contributed by atoms with Crippen LogP contribution in [0.3, 0.4) is 0 Å². The van der Waals surface area contributed by atoms with Crippen molar-refractivity contribution < 1.29 is 14.3 Å². The Bertz CT molecular complexity index is 866. The van der Waals surface area contributed by atoms with Crippen molar-refractivity contribution in [2.45, 2.75) is 0 Å². The van der Waals surface area contributed by atoms with Gasteiger partial charge in [-0.05, 0) is 24.3 Å². The highest BCUT2D eigenvalue weighted by Gasteiger charge is 2.12. The fourth-order valence-corrected chi connectivity index (χ4v) is 2.07. The van der Waals surface area contributed by atoms with Crippen molar-refractivity contribution in [3.05, 3.63) is 64.5 Å². The first-order chi connectivity index (χ1) is 9.56. The largest absolute Gasteiger partial charge is 0.477 e. The van der Waals surface area contributed by atoms with Gasteiger partial charge in [-0.3, -0.25) is 4.79 Å². The average Bonchev–Trinajstić information content (AvgIpc) is 2.92. The van der Waals surface area contributed by atoms with Crippen LogP contribution in [-0.2, 0) is 0 Å². The van der Waals surface area contributed by atoms with Crippen LogP contribution in [0.25, 0.3) is 16.6 Å². The van der Waals surface area contributed by atoms with Gasteiger partial charge in [0, 0.05) is 23.8 Å². The molecule has 100 valence electrons. The van der Waals surface area contributed by atoms with Crippen LogP contribution in [0.4, 0.5) is 4.39 Å². The number of hydrogen-bond donors (Lipinski definition) is 2. The molecule has 5 nitrogen and oxygen atoms in total. The first kappa shape index (κ1) is 12.2. The van der Waals surface area contributed by atoms with E-state index in [0.29, 0.717) is 0 Å². The zero-order valence-electron chi connectivity index (χ0n) is 10.1. The number of hydrogen-bond acceptors (Lipinski definition) is 2. The molecule has 0 spiro atoms. The third kappa shape index (κ3) is 1.87. The van der Waals surface area contributed by atoms with Crippen molar-refractivity contribution in [2.24, 2.45) is 0 Å². The van der Waals surface area contributed by atoms with Gasteiger partial charge in [0.15, 0.2) is 5.43 Å². The predicted octanol–water partition coefficient (Wildman–Crippen LogP) is 2.16. The summed E-state index contributed by atoms with van der Waals surface area (Å²) in [6.07, 6.45) is 3.31. The van der Waals surface area contributed by atoms with Gasteiger partial charge in [-0.1, -0.05) is 0 Å². The van der Waals surface area contributed by atoms with Gasteiger partial charge >= 0.3 is 5.97 Å². The highest BCUT2D eigenvalue weighted by molar-refractivity contribution is 5.90. The van der Waals surface area contributed by atoms with E-state index in [9.17, 15) is 14.0 Å². The van der Waals surface area contributed by atoms with E-state index in [1.165, 1.54) is 6.07 Å². The lowest BCUT2D eigenvalue weighted by molar-refractivity contribution is 0.0691. The maximum absolute atomic E-state index is 14.0. The van der Waals surface area contributed by atoms with Gasteiger partial charge in [0.2, 0.25) is 0 Å². The van der Waals surface area contributed by atoms with Crippen LogP contribution in [-0.4, -0.2) is 20.6 Å². The van der Waals surface area contributed by atoms with Crippen molar-refractivity contribution in [2.75, 3.05) is 0 Å². The molecule has 2 N–H and O–H groups in total. The molecule has 1 aromatic carbocycles. The second-order valence-corrected chi connectivity index (χ2v) is 4.29. The molecule has 0 radical (unpaired) electrons. The van der Waals surface area contributed by atoms with E-state index in [2.05, 4.69) is 4.98 Å². The molecule has 2 heterocycles. The summed E-state index contributed by atoms with van der Waals surface area (Å²) in [4.78, 5) is 25.3. The summed E-state index contributed by atoms with van der Waals surface area (Å²) in [5, 5.41) is 9.04. The summed E-state index contributed by atoms with van der Waals surface area (Å²) in [5.74, 6) is -1.79. The molecular weight excluding hydrogens is 263 g/mol. The summed E-state index contributed by atoms with van der Waals surface area (Å²) in [7, 11) is 0. The van der Waals surface area contributed by atoms with Crippen LogP contribution in [0.5, 0.6) is 0 Å². The molecule has 3 rings (SSSR count). The second-order valence-electron chi connectivity index (χ2n) is 4.29. The summed E-state index contributed by atoms with van der Waals surface area (Å²) >= 11 is 0. The smallest absolute Gasteiger partial charge is 0.352 e. The van der Waals surface area contributed by atoms with Gasteiger partial charge in [0.1, 0.15) is 11.5 Å². The highest BCUT2D eigenvalue weighted by atomic mass is 19.1. The number of rotatable bonds is 2. The lowest BCUT2D eigenvalue weighted by Crippen LogP contribution is -2.10. The predicted molar refractivity (Wildman–Crippen MR) is 70.8 cm³/mol. The number of pyridine rings is 1. The first-order valence-corrected chi connectivity index (χ1v) is 5.79. The fourth-order valence-electron chi connectivity index (χ4n) is 2.07. The summed E-state index contributed by atoms with van der Waals surface area (Å²) in [5.41, 5.74) is -0.248. The molecule has 0 atom stereocenters. The standard InChI is InChI=1S/C14H9FN2O3/c15-9-5-8-10(6-12(9)17-3-1-2-4-17)16-11(14(19)20)7-13(8)18/h1-7H,(H,16,18)(H,19,20). The summed E-state index contributed by atoms with van der Waals surface area (Å²) < 4.78 is 15.6. The molecule has 2 aromatic heterocycles. The zero-order valence-corrected chi connectivity index (χ0v) is 10.1. The molecule has 0 aliphatic rings. The molecule has 0 bridgehead atoms. The molecule has 3 aromatic rings. The molecule has 0 unspecified atom stereocenters. The SMILES string of the molecule is O=C(O)c1cc(=O)c2cc(F)c(-n3cccc3)cc2[nH]1. The Morgan fingerprint density at radius 1 is 1.20 bits per heavy atom. The Hall–Kier alpha value is -2.89. The Balaban J connectivity index is 2.34. The maximum atomic E-state index is 14.0. The van der Waals surface area contributed by atoms with E-state index in [0.717, 1.165) is 12.1 Å². The molecule has 0 saturated heterocycles. The van der Waals surface area contributed by atoms with E-state index < -0.39 is 17.2 Å². The number of aromatic carboxylic acids is 1. The van der Waals surface area contributed by atoms with E-state index in [4.69, 9.17) is 5.11 Å². The van der Waals surface area contributed by atoms with E-state index in [1.54, 1.807) is 29.1 Å². The molecule has 0 aliphatic heterocycles. The number of carboxylic acid groups (broad SMARTS) is 1. The normalized spacial score (nSPS) is 10.8. The Morgan fingerprint density at radius 3 is 2.55 bits per heavy atom. The number of aromatic nitrogens is 2. The molecule has 0 saturated carbocycles. The quantitative estimate of drug-likeness (QED) is 0.750. The van der Waals surface area contributed by atoms with E-state index in [-0.39, 0.29) is 22.3 Å². The summed E-state index contributed by atoms with van der Waals surface area (Å²) in [6.45, 7) is 0. The van der Waals surface area contributed by atoms with E-state index in [1.807, 2.05) is 0 Å². The van der Waals surface area contributed by atoms with Crippen molar-refractivity contribution in [3.63, 3.8) is 0 Å². The lowest BCUT2D eigenvalue weighted by Gasteiger charge is -2.07. The molecule has 0 amide bonds. The number of aromatic amines is 1. The molecular formula is C14H9FN2O3. The van der Waals surface area contributed by atoms with Crippen LogP contribution in [0, 0.1) is 5.82 Å². The monoisotopic (exact) mass is 272 g/mol. The number of nitrogens with zero attached hydrogens (tertiary/aromatic N) is 1. The number of halogens is 1. The number of H-pyrrole nitrogens is 1. The Kier molecular flexibility index (Phi) is 2.64. The van der Waals surface area contributed by atoms with Crippen LogP contribution in [0.1, 0.15) is 10.5 Å². The van der Waals surface area contributed by atoms with Crippen LogP contribution >= 0.6 is 0 Å². The van der Waals surface area contributed by atoms with Crippen LogP contribution in [0.15, 0.2) is 47.5 Å². The molecule has 0 aliphatic carbocycles. The van der Waals surface area contributed by atoms with Gasteiger partial charge in [0.25, 0.3) is 0 Å². The Labute approximate surface area is 111 Å². The number of fused-ring (bicyclic) bond motifs is 1. The van der Waals surface area contributed by atoms with Gasteiger partial charge in [-0.15, -0.1) is 0 Å². The minimum atomic E-state index is -1.24. The topological polar surface area (TPSA) is 75.1 Å². The lowest BCUT2D eigenvalue weighted by atomic mass is 10.1. The minimum Gasteiger partial charge on any atom is -0.477 e. The molecule has 20 heavy (non-hydrogen) atoms. The average molecular weight is 272 g/mol. The van der Waals surface area contributed by atoms with Gasteiger partial charge in [0.05, 0.1) is 11.2 Å². The van der Waals surface area contributed by atoms with Crippen molar-refractivity contribution in [1.82, 2.24) is 9.55 Å². The van der Waals surface area contributed by atoms with Crippen LogP contribution < -0.4 is 5.43 Å². The third-order valence-electron chi connectivity index (χ3n) is 3.01. The maximum Gasteiger partial charge on any atom is 0.352 e. The van der Waals surface area contributed by atoms with Gasteiger partial charge in [-0.2, -0.15) is 0 Å². The molecule has 0 fully saturated rings. The van der Waals surface area contributed by atoms with Gasteiger partial charge < -0.3 is 14.7 Å². The highest BCUT2D eigenvalue weighted by Crippen LogP contribution is 2.19. The number of carboxylic acids is 1. The Morgan fingerprint density at radius 2 is 1.90 bits per heavy atom. The number of benzene rings is 1. The fraction of sp³-hybridized carbons (Fsp3) is 0. The first-order valence-electron chi connectivity index (χ1n) is 5.79. The second kappa shape index (κ2) is 4.34. The van der Waals surface area contributed by atoms with Gasteiger partial charge in [-0.25, -0.2) is 9.18 Å². The van der Waals surface area contributed by atoms with Crippen molar-refractivity contribution >= 4 is 16.9 Å².